The van der Waals surface area contributed by atoms with Crippen molar-refractivity contribution in [2.75, 3.05) is 14.2 Å². The van der Waals surface area contributed by atoms with Gasteiger partial charge in [-0.05, 0) is 42.7 Å². The van der Waals surface area contributed by atoms with Gasteiger partial charge < -0.3 is 14.4 Å². The van der Waals surface area contributed by atoms with Crippen LogP contribution in [0.15, 0.2) is 59.7 Å². The third kappa shape index (κ3) is 4.97. The minimum Gasteiger partial charge on any atom is -0.493 e. The van der Waals surface area contributed by atoms with Crippen LogP contribution < -0.4 is 15.0 Å². The number of benzene rings is 2. The van der Waals surface area contributed by atoms with Crippen LogP contribution in [0.25, 0.3) is 10.2 Å². The first-order valence-corrected chi connectivity index (χ1v) is 11.7. The molecular formula is C26H27N3O4S. The molecule has 4 aromatic rings. The van der Waals surface area contributed by atoms with Crippen molar-refractivity contribution in [3.63, 3.8) is 0 Å². The van der Waals surface area contributed by atoms with E-state index in [9.17, 15) is 9.59 Å². The number of amides is 1. The third-order valence-corrected chi connectivity index (χ3v) is 6.89. The van der Waals surface area contributed by atoms with E-state index in [2.05, 4.69) is 4.98 Å². The lowest BCUT2D eigenvalue weighted by Crippen LogP contribution is -2.33. The molecule has 1 amide bonds. The van der Waals surface area contributed by atoms with Crippen molar-refractivity contribution < 1.29 is 14.3 Å². The summed E-state index contributed by atoms with van der Waals surface area (Å²) in [6.45, 7) is 4.62. The van der Waals surface area contributed by atoms with Crippen LogP contribution in [-0.4, -0.2) is 34.5 Å². The number of likely N-dealkylation sites (N-methyl/N-ethyl adjacent to an activating group) is 1. The molecule has 0 saturated heterocycles. The molecule has 0 aliphatic heterocycles. The fourth-order valence-electron chi connectivity index (χ4n) is 3.68. The number of nitrogens with zero attached hydrogens (tertiary/aromatic N) is 3. The Bertz CT molecular complexity index is 1380. The first kappa shape index (κ1) is 23.5. The van der Waals surface area contributed by atoms with Crippen molar-refractivity contribution in [1.82, 2.24) is 14.5 Å². The number of carbonyl (C=O) groups excluding carboxylic acids is 1. The molecule has 2 heterocycles. The Balaban J connectivity index is 1.43. The number of hydrogen-bond donors (Lipinski definition) is 0. The van der Waals surface area contributed by atoms with E-state index in [1.54, 1.807) is 19.1 Å². The lowest BCUT2D eigenvalue weighted by Gasteiger charge is -2.19. The molecule has 4 rings (SSSR count). The van der Waals surface area contributed by atoms with Crippen molar-refractivity contribution in [1.29, 1.82) is 0 Å². The normalized spacial score (nSPS) is 10.9. The lowest BCUT2D eigenvalue weighted by molar-refractivity contribution is -0.131. The van der Waals surface area contributed by atoms with E-state index in [-0.39, 0.29) is 18.0 Å². The summed E-state index contributed by atoms with van der Waals surface area (Å²) in [6, 6.07) is 15.5. The van der Waals surface area contributed by atoms with Crippen molar-refractivity contribution in [3.05, 3.63) is 86.8 Å². The van der Waals surface area contributed by atoms with Crippen LogP contribution >= 0.6 is 11.3 Å². The van der Waals surface area contributed by atoms with Crippen molar-refractivity contribution in [2.24, 2.45) is 0 Å². The van der Waals surface area contributed by atoms with E-state index in [4.69, 9.17) is 9.47 Å². The Hall–Kier alpha value is -3.65. The summed E-state index contributed by atoms with van der Waals surface area (Å²) in [4.78, 5) is 33.5. The van der Waals surface area contributed by atoms with Gasteiger partial charge in [0.2, 0.25) is 5.91 Å². The number of ether oxygens (including phenoxy) is 2. The molecular weight excluding hydrogens is 450 g/mol. The summed E-state index contributed by atoms with van der Waals surface area (Å²) in [5, 5.41) is 0.594. The Morgan fingerprint density at radius 1 is 1.09 bits per heavy atom. The van der Waals surface area contributed by atoms with Gasteiger partial charge in [-0.15, -0.1) is 11.3 Å². The van der Waals surface area contributed by atoms with Crippen LogP contribution in [0.5, 0.6) is 11.5 Å². The largest absolute Gasteiger partial charge is 0.493 e. The Labute approximate surface area is 202 Å². The molecule has 0 saturated carbocycles. The van der Waals surface area contributed by atoms with Gasteiger partial charge in [-0.2, -0.15) is 0 Å². The van der Waals surface area contributed by atoms with E-state index in [1.165, 1.54) is 22.2 Å². The molecule has 0 atom stereocenters. The molecule has 8 heteroatoms. The smallest absolute Gasteiger partial charge is 0.262 e. The number of aryl methyl sites for hydroxylation is 2. The van der Waals surface area contributed by atoms with Gasteiger partial charge >= 0.3 is 0 Å². The molecule has 34 heavy (non-hydrogen) atoms. The fraction of sp³-hybridized carbons (Fsp3) is 0.269. The highest BCUT2D eigenvalue weighted by Crippen LogP contribution is 2.29. The average molecular weight is 478 g/mol. The van der Waals surface area contributed by atoms with Crippen LogP contribution in [0.2, 0.25) is 0 Å². The predicted molar refractivity (Wildman–Crippen MR) is 134 cm³/mol. The van der Waals surface area contributed by atoms with Crippen molar-refractivity contribution in [2.45, 2.75) is 33.5 Å². The SMILES string of the molecule is COc1cc(CN(C)C(=O)Cn2cnc3sc(C)c(C)c3c2=O)ccc1OCc1ccccc1. The Kier molecular flexibility index (Phi) is 6.98. The highest BCUT2D eigenvalue weighted by atomic mass is 32.1. The second-order valence-electron chi connectivity index (χ2n) is 8.15. The summed E-state index contributed by atoms with van der Waals surface area (Å²) in [6.07, 6.45) is 1.45. The summed E-state index contributed by atoms with van der Waals surface area (Å²) in [5.41, 5.74) is 2.70. The zero-order chi connectivity index (χ0) is 24.2. The first-order valence-electron chi connectivity index (χ1n) is 10.9. The standard InChI is InChI=1S/C26H27N3O4S/c1-17-18(2)34-25-24(17)26(31)29(16-27-25)14-23(30)28(3)13-20-10-11-21(22(12-20)32-4)33-15-19-8-6-5-7-9-19/h5-12,16H,13-15H2,1-4H3. The minimum absolute atomic E-state index is 0.0674. The number of fused-ring (bicyclic) bond motifs is 1. The van der Waals surface area contributed by atoms with E-state index < -0.39 is 0 Å². The van der Waals surface area contributed by atoms with Gasteiger partial charge in [0.1, 0.15) is 18.0 Å². The van der Waals surface area contributed by atoms with Crippen LogP contribution in [0, 0.1) is 13.8 Å². The molecule has 0 bridgehead atoms. The molecule has 0 N–H and O–H groups in total. The zero-order valence-electron chi connectivity index (χ0n) is 19.7. The number of thiophene rings is 1. The van der Waals surface area contributed by atoms with E-state index in [0.29, 0.717) is 34.9 Å². The monoisotopic (exact) mass is 477 g/mol. The van der Waals surface area contributed by atoms with Gasteiger partial charge in [0, 0.05) is 18.5 Å². The number of methoxy groups -OCH3 is 1. The highest BCUT2D eigenvalue weighted by molar-refractivity contribution is 7.18. The quantitative estimate of drug-likeness (QED) is 0.378. The number of carbonyl (C=O) groups is 1. The number of rotatable bonds is 8. The molecule has 0 fully saturated rings. The maximum absolute atomic E-state index is 12.9. The van der Waals surface area contributed by atoms with E-state index >= 15 is 0 Å². The summed E-state index contributed by atoms with van der Waals surface area (Å²) in [5.74, 6) is 1.05. The topological polar surface area (TPSA) is 73.7 Å². The van der Waals surface area contributed by atoms with E-state index in [1.807, 2.05) is 62.4 Å². The van der Waals surface area contributed by atoms with Gasteiger partial charge in [-0.3, -0.25) is 14.2 Å². The van der Waals surface area contributed by atoms with Crippen LogP contribution in [0.1, 0.15) is 21.6 Å². The molecule has 2 aromatic carbocycles. The third-order valence-electron chi connectivity index (χ3n) is 5.77. The van der Waals surface area contributed by atoms with Gasteiger partial charge in [0.15, 0.2) is 11.5 Å². The molecule has 0 radical (unpaired) electrons. The van der Waals surface area contributed by atoms with Crippen LogP contribution in [-0.2, 0) is 24.5 Å². The molecule has 176 valence electrons. The minimum atomic E-state index is -0.185. The molecule has 0 aliphatic carbocycles. The van der Waals surface area contributed by atoms with E-state index in [0.717, 1.165) is 21.6 Å². The molecule has 0 spiro atoms. The second kappa shape index (κ2) is 10.1. The van der Waals surface area contributed by atoms with Gasteiger partial charge in [0.05, 0.1) is 18.8 Å². The van der Waals surface area contributed by atoms with Crippen LogP contribution in [0.4, 0.5) is 0 Å². The lowest BCUT2D eigenvalue weighted by atomic mass is 10.2. The molecule has 0 unspecified atom stereocenters. The summed E-state index contributed by atoms with van der Waals surface area (Å²) in [7, 11) is 3.30. The van der Waals surface area contributed by atoms with Crippen molar-refractivity contribution in [3.8, 4) is 11.5 Å². The maximum atomic E-state index is 12.9. The summed E-state index contributed by atoms with van der Waals surface area (Å²) < 4.78 is 12.8. The highest BCUT2D eigenvalue weighted by Gasteiger charge is 2.16. The Morgan fingerprint density at radius 3 is 2.59 bits per heavy atom. The molecule has 7 nitrogen and oxygen atoms in total. The fourth-order valence-corrected chi connectivity index (χ4v) is 4.66. The second-order valence-corrected chi connectivity index (χ2v) is 9.35. The maximum Gasteiger partial charge on any atom is 0.262 e. The average Bonchev–Trinajstić information content (AvgIpc) is 3.14. The van der Waals surface area contributed by atoms with Crippen molar-refractivity contribution >= 4 is 27.5 Å². The first-order chi connectivity index (χ1) is 16.4. The molecule has 0 aliphatic rings. The summed E-state index contributed by atoms with van der Waals surface area (Å²) >= 11 is 1.49. The number of hydrogen-bond acceptors (Lipinski definition) is 6. The van der Waals surface area contributed by atoms with Gasteiger partial charge in [-0.25, -0.2) is 4.98 Å². The zero-order valence-corrected chi connectivity index (χ0v) is 20.5. The molecule has 2 aromatic heterocycles. The van der Waals surface area contributed by atoms with Gasteiger partial charge in [-0.1, -0.05) is 36.4 Å². The number of aromatic nitrogens is 2. The predicted octanol–water partition coefficient (Wildman–Crippen LogP) is 4.32. The Morgan fingerprint density at radius 2 is 1.85 bits per heavy atom. The van der Waals surface area contributed by atoms with Gasteiger partial charge in [0.25, 0.3) is 5.56 Å². The van der Waals surface area contributed by atoms with Crippen LogP contribution in [0.3, 0.4) is 0 Å².